The summed E-state index contributed by atoms with van der Waals surface area (Å²) in [6.07, 6.45) is 2.83. The Hall–Kier alpha value is -3.54. The molecule has 0 unspecified atom stereocenters. The fourth-order valence-electron chi connectivity index (χ4n) is 4.98. The van der Waals surface area contributed by atoms with Crippen LogP contribution in [0.3, 0.4) is 0 Å². The lowest BCUT2D eigenvalue weighted by Gasteiger charge is -2.38. The molecule has 0 radical (unpaired) electrons. The number of ether oxygens (including phenoxy) is 1. The minimum absolute atomic E-state index is 0.110. The van der Waals surface area contributed by atoms with E-state index in [4.69, 9.17) is 9.15 Å². The van der Waals surface area contributed by atoms with Gasteiger partial charge in [-0.15, -0.1) is 0 Å². The van der Waals surface area contributed by atoms with Crippen molar-refractivity contribution in [2.24, 2.45) is 5.92 Å². The molecule has 0 saturated heterocycles. The van der Waals surface area contributed by atoms with Gasteiger partial charge in [0.1, 0.15) is 18.1 Å². The number of rotatable bonds is 8. The van der Waals surface area contributed by atoms with E-state index >= 15 is 0 Å². The number of fused-ring (bicyclic) bond motifs is 1. The molecule has 1 aromatic heterocycles. The lowest BCUT2D eigenvalue weighted by Crippen LogP contribution is -2.41. The zero-order valence-electron chi connectivity index (χ0n) is 21.3. The van der Waals surface area contributed by atoms with Crippen molar-refractivity contribution < 1.29 is 18.7 Å². The van der Waals surface area contributed by atoms with Gasteiger partial charge in [0.2, 0.25) is 5.91 Å². The monoisotopic (exact) mass is 486 g/mol. The molecule has 2 aliphatic rings. The molecule has 6 heteroatoms. The molecule has 1 atom stereocenters. The molecule has 0 N–H and O–H groups in total. The quantitative estimate of drug-likeness (QED) is 0.420. The van der Waals surface area contributed by atoms with Crippen molar-refractivity contribution in [1.29, 1.82) is 0 Å². The summed E-state index contributed by atoms with van der Waals surface area (Å²) in [5, 5.41) is 0. The van der Waals surface area contributed by atoms with Crippen LogP contribution in [0.15, 0.2) is 59.0 Å². The van der Waals surface area contributed by atoms with Crippen LogP contribution < -0.4 is 4.74 Å². The summed E-state index contributed by atoms with van der Waals surface area (Å²) in [7, 11) is 0. The average Bonchev–Trinajstić information content (AvgIpc) is 3.64. The number of hydrogen-bond acceptors (Lipinski definition) is 4. The minimum atomic E-state index is -0.118. The Morgan fingerprint density at radius 1 is 1.03 bits per heavy atom. The molecule has 2 amide bonds. The Morgan fingerprint density at radius 2 is 1.78 bits per heavy atom. The Bertz CT molecular complexity index is 1240. The van der Waals surface area contributed by atoms with Crippen LogP contribution in [0.25, 0.3) is 0 Å². The number of nitrogens with zero attached hydrogens (tertiary/aromatic N) is 2. The fraction of sp³-hybridized carbons (Fsp3) is 0.400. The summed E-state index contributed by atoms with van der Waals surface area (Å²) in [6, 6.07) is 18.0. The van der Waals surface area contributed by atoms with Crippen LogP contribution in [0.1, 0.15) is 71.3 Å². The largest absolute Gasteiger partial charge is 0.486 e. The smallest absolute Gasteiger partial charge is 0.289 e. The van der Waals surface area contributed by atoms with Gasteiger partial charge in [0.05, 0.1) is 6.04 Å². The average molecular weight is 487 g/mol. The van der Waals surface area contributed by atoms with Gasteiger partial charge < -0.3 is 19.0 Å². The number of carbonyl (C=O) groups excluding carboxylic acids is 2. The van der Waals surface area contributed by atoms with Gasteiger partial charge in [-0.1, -0.05) is 35.9 Å². The highest BCUT2D eigenvalue weighted by Crippen LogP contribution is 2.41. The molecule has 36 heavy (non-hydrogen) atoms. The molecule has 1 aliphatic carbocycles. The number of benzene rings is 2. The number of carbonyl (C=O) groups is 2. The van der Waals surface area contributed by atoms with Crippen LogP contribution in [0.4, 0.5) is 0 Å². The van der Waals surface area contributed by atoms with Crippen LogP contribution in [-0.2, 0) is 17.8 Å². The van der Waals surface area contributed by atoms with Crippen molar-refractivity contribution in [2.45, 2.75) is 52.7 Å². The van der Waals surface area contributed by atoms with Gasteiger partial charge in [0, 0.05) is 25.6 Å². The molecule has 2 aromatic carbocycles. The van der Waals surface area contributed by atoms with Gasteiger partial charge >= 0.3 is 0 Å². The third-order valence-electron chi connectivity index (χ3n) is 7.25. The zero-order valence-corrected chi connectivity index (χ0v) is 21.3. The fourth-order valence-corrected chi connectivity index (χ4v) is 4.98. The highest BCUT2D eigenvalue weighted by molar-refractivity contribution is 5.91. The summed E-state index contributed by atoms with van der Waals surface area (Å²) in [4.78, 5) is 29.6. The number of amides is 2. The van der Waals surface area contributed by atoms with E-state index in [1.807, 2.05) is 19.9 Å². The summed E-state index contributed by atoms with van der Waals surface area (Å²) >= 11 is 0. The summed E-state index contributed by atoms with van der Waals surface area (Å²) in [6.45, 7) is 8.22. The highest BCUT2D eigenvalue weighted by atomic mass is 16.5. The zero-order chi connectivity index (χ0) is 25.2. The standard InChI is InChI=1S/C30H34N2O4/c1-4-31(5-2)30(34)27-15-14-25(36-27)19-35-24-13-12-21-16-17-32(29(33)23-10-11-23)28(26(21)18-24)22-8-6-20(3)7-9-22/h6-9,12-15,18,23,28H,4-5,10-11,16-17,19H2,1-3H3/t28-/m0/s1. The number of furan rings is 1. The van der Waals surface area contributed by atoms with E-state index in [0.29, 0.717) is 24.6 Å². The van der Waals surface area contributed by atoms with Crippen molar-refractivity contribution in [1.82, 2.24) is 9.80 Å². The lowest BCUT2D eigenvalue weighted by atomic mass is 9.87. The first-order valence-corrected chi connectivity index (χ1v) is 13.0. The molecule has 2 heterocycles. The van der Waals surface area contributed by atoms with Crippen molar-refractivity contribution in [2.75, 3.05) is 19.6 Å². The van der Waals surface area contributed by atoms with Gasteiger partial charge in [-0.05, 0) is 81.0 Å². The van der Waals surface area contributed by atoms with E-state index < -0.39 is 0 Å². The molecule has 3 aromatic rings. The summed E-state index contributed by atoms with van der Waals surface area (Å²) < 4.78 is 11.9. The topological polar surface area (TPSA) is 63.0 Å². The van der Waals surface area contributed by atoms with Crippen LogP contribution in [-0.4, -0.2) is 41.2 Å². The summed E-state index contributed by atoms with van der Waals surface area (Å²) in [5.74, 6) is 1.98. The van der Waals surface area contributed by atoms with Gasteiger partial charge in [0.15, 0.2) is 5.76 Å². The first-order chi connectivity index (χ1) is 17.5. The molecule has 1 aliphatic heterocycles. The van der Waals surface area contributed by atoms with Gasteiger partial charge in [-0.2, -0.15) is 0 Å². The lowest BCUT2D eigenvalue weighted by molar-refractivity contribution is -0.134. The van der Waals surface area contributed by atoms with Crippen LogP contribution >= 0.6 is 0 Å². The third-order valence-corrected chi connectivity index (χ3v) is 7.25. The molecular formula is C30H34N2O4. The first kappa shape index (κ1) is 24.2. The van der Waals surface area contributed by atoms with Crippen molar-refractivity contribution >= 4 is 11.8 Å². The van der Waals surface area contributed by atoms with E-state index in [1.165, 1.54) is 11.1 Å². The maximum Gasteiger partial charge on any atom is 0.289 e. The van der Waals surface area contributed by atoms with E-state index in [2.05, 4.69) is 48.2 Å². The predicted molar refractivity (Wildman–Crippen MR) is 138 cm³/mol. The second-order valence-corrected chi connectivity index (χ2v) is 9.76. The number of aryl methyl sites for hydroxylation is 1. The Balaban J connectivity index is 1.38. The molecule has 1 fully saturated rings. The highest BCUT2D eigenvalue weighted by Gasteiger charge is 2.39. The first-order valence-electron chi connectivity index (χ1n) is 13.0. The summed E-state index contributed by atoms with van der Waals surface area (Å²) in [5.41, 5.74) is 4.69. The SMILES string of the molecule is CCN(CC)C(=O)c1ccc(COc2ccc3c(c2)[C@H](c2ccc(C)cc2)N(C(=O)C2CC2)CC3)o1. The van der Waals surface area contributed by atoms with Crippen molar-refractivity contribution in [3.63, 3.8) is 0 Å². The molecule has 5 rings (SSSR count). The van der Waals surface area contributed by atoms with Gasteiger partial charge in [-0.25, -0.2) is 0 Å². The van der Waals surface area contributed by atoms with E-state index in [1.54, 1.807) is 17.0 Å². The third kappa shape index (κ3) is 4.90. The Kier molecular flexibility index (Phi) is 6.86. The van der Waals surface area contributed by atoms with Gasteiger partial charge in [0.25, 0.3) is 5.91 Å². The number of hydrogen-bond donors (Lipinski definition) is 0. The Morgan fingerprint density at radius 3 is 2.47 bits per heavy atom. The van der Waals surface area contributed by atoms with Crippen molar-refractivity contribution in [3.05, 3.63) is 88.4 Å². The van der Waals surface area contributed by atoms with E-state index in [9.17, 15) is 9.59 Å². The van der Waals surface area contributed by atoms with E-state index in [0.717, 1.165) is 42.7 Å². The van der Waals surface area contributed by atoms with E-state index in [-0.39, 0.29) is 30.4 Å². The van der Waals surface area contributed by atoms with Crippen LogP contribution in [0, 0.1) is 12.8 Å². The maximum absolute atomic E-state index is 13.2. The minimum Gasteiger partial charge on any atom is -0.486 e. The maximum atomic E-state index is 13.2. The molecule has 188 valence electrons. The molecule has 0 bridgehead atoms. The second-order valence-electron chi connectivity index (χ2n) is 9.76. The van der Waals surface area contributed by atoms with Crippen LogP contribution in [0.2, 0.25) is 0 Å². The molecular weight excluding hydrogens is 452 g/mol. The normalized spacial score (nSPS) is 17.0. The van der Waals surface area contributed by atoms with Crippen LogP contribution in [0.5, 0.6) is 5.75 Å². The molecule has 6 nitrogen and oxygen atoms in total. The van der Waals surface area contributed by atoms with Gasteiger partial charge in [-0.3, -0.25) is 9.59 Å². The molecule has 1 saturated carbocycles. The second kappa shape index (κ2) is 10.2. The molecule has 0 spiro atoms. The predicted octanol–water partition coefficient (Wildman–Crippen LogP) is 5.53. The van der Waals surface area contributed by atoms with Crippen molar-refractivity contribution in [3.8, 4) is 5.75 Å². The Labute approximate surface area is 212 Å².